The van der Waals surface area contributed by atoms with Gasteiger partial charge in [-0.25, -0.2) is 0 Å². The predicted molar refractivity (Wildman–Crippen MR) is 31.9 cm³/mol. The molecule has 2 heterocycles. The van der Waals surface area contributed by atoms with Crippen LogP contribution in [0.1, 0.15) is 12.8 Å². The van der Waals surface area contributed by atoms with E-state index in [0.29, 0.717) is 0 Å². The van der Waals surface area contributed by atoms with Crippen LogP contribution in [0.15, 0.2) is 0 Å². The van der Waals surface area contributed by atoms with Crippen molar-refractivity contribution in [2.45, 2.75) is 37.2 Å². The van der Waals surface area contributed by atoms with Gasteiger partial charge in [0.15, 0.2) is 0 Å². The molecule has 2 rings (SSSR count). The molecular formula is C6H11NO2. The maximum Gasteiger partial charge on any atom is 0.0855 e. The Balaban J connectivity index is 2.10. The van der Waals surface area contributed by atoms with Gasteiger partial charge >= 0.3 is 0 Å². The number of aliphatic hydroxyl groups excluding tert-OH is 1. The Morgan fingerprint density at radius 3 is 2.44 bits per heavy atom. The lowest BCUT2D eigenvalue weighted by Crippen LogP contribution is -2.36. The molecule has 0 aromatic rings. The third-order valence-corrected chi connectivity index (χ3v) is 2.23. The van der Waals surface area contributed by atoms with E-state index < -0.39 is 0 Å². The Bertz CT molecular complexity index is 110. The van der Waals surface area contributed by atoms with E-state index in [1.54, 1.807) is 0 Å². The maximum absolute atomic E-state index is 9.16. The van der Waals surface area contributed by atoms with Crippen molar-refractivity contribution in [1.82, 2.24) is 0 Å². The average molecular weight is 129 g/mol. The molecule has 0 aromatic carbocycles. The number of hydrogen-bond donors (Lipinski definition) is 2. The van der Waals surface area contributed by atoms with Crippen LogP contribution in [0.25, 0.3) is 0 Å². The number of ether oxygens (including phenoxy) is 1. The monoisotopic (exact) mass is 129 g/mol. The van der Waals surface area contributed by atoms with Crippen molar-refractivity contribution in [1.29, 1.82) is 0 Å². The van der Waals surface area contributed by atoms with Crippen molar-refractivity contribution in [3.8, 4) is 0 Å². The molecule has 2 fully saturated rings. The largest absolute Gasteiger partial charge is 0.390 e. The summed E-state index contributed by atoms with van der Waals surface area (Å²) in [6, 6.07) is 0.179. The quantitative estimate of drug-likeness (QED) is 0.452. The molecule has 0 saturated carbocycles. The minimum atomic E-state index is -0.241. The predicted octanol–water partition coefficient (Wildman–Crippen LogP) is -0.764. The van der Waals surface area contributed by atoms with E-state index in [2.05, 4.69) is 0 Å². The van der Waals surface area contributed by atoms with Crippen LogP contribution in [0.3, 0.4) is 0 Å². The highest BCUT2D eigenvalue weighted by Gasteiger charge is 2.44. The fourth-order valence-corrected chi connectivity index (χ4v) is 1.67. The minimum Gasteiger partial charge on any atom is -0.390 e. The third kappa shape index (κ3) is 0.689. The Labute approximate surface area is 53.8 Å². The van der Waals surface area contributed by atoms with Crippen LogP contribution >= 0.6 is 0 Å². The van der Waals surface area contributed by atoms with Gasteiger partial charge in [0, 0.05) is 12.5 Å². The van der Waals surface area contributed by atoms with Gasteiger partial charge < -0.3 is 15.6 Å². The molecule has 4 atom stereocenters. The molecule has 2 aliphatic heterocycles. The van der Waals surface area contributed by atoms with Gasteiger partial charge in [-0.15, -0.1) is 0 Å². The van der Waals surface area contributed by atoms with Gasteiger partial charge in [0.1, 0.15) is 0 Å². The fourth-order valence-electron chi connectivity index (χ4n) is 1.67. The molecule has 0 unspecified atom stereocenters. The number of nitrogens with two attached hydrogens (primary N) is 1. The molecule has 3 heteroatoms. The van der Waals surface area contributed by atoms with E-state index in [-0.39, 0.29) is 24.4 Å². The van der Waals surface area contributed by atoms with Gasteiger partial charge in [-0.1, -0.05) is 0 Å². The summed E-state index contributed by atoms with van der Waals surface area (Å²) in [7, 11) is 0. The fraction of sp³-hybridized carbons (Fsp3) is 1.00. The molecule has 2 saturated heterocycles. The maximum atomic E-state index is 9.16. The Kier molecular flexibility index (Phi) is 1.06. The molecule has 9 heavy (non-hydrogen) atoms. The number of hydrogen-bond acceptors (Lipinski definition) is 3. The van der Waals surface area contributed by atoms with Crippen LogP contribution in [-0.2, 0) is 4.74 Å². The number of fused-ring (bicyclic) bond motifs is 2. The second-order valence-corrected chi connectivity index (χ2v) is 2.92. The Morgan fingerprint density at radius 2 is 2.11 bits per heavy atom. The molecule has 2 aliphatic rings. The van der Waals surface area contributed by atoms with Gasteiger partial charge in [-0.3, -0.25) is 0 Å². The molecule has 0 amide bonds. The first-order valence-corrected chi connectivity index (χ1v) is 3.36. The zero-order valence-electron chi connectivity index (χ0n) is 5.16. The Morgan fingerprint density at radius 1 is 1.33 bits per heavy atom. The Hall–Kier alpha value is -0.120. The average Bonchev–Trinajstić information content (AvgIpc) is 2.24. The van der Waals surface area contributed by atoms with Crippen LogP contribution in [0.4, 0.5) is 0 Å². The molecule has 0 radical (unpaired) electrons. The summed E-state index contributed by atoms with van der Waals surface area (Å²) in [5.41, 5.74) is 5.65. The summed E-state index contributed by atoms with van der Waals surface area (Å²) in [6.45, 7) is 0. The molecule has 3 N–H and O–H groups in total. The van der Waals surface area contributed by atoms with Crippen LogP contribution in [0.5, 0.6) is 0 Å². The first-order chi connectivity index (χ1) is 4.27. The summed E-state index contributed by atoms with van der Waals surface area (Å²) in [5.74, 6) is 0. The van der Waals surface area contributed by atoms with E-state index >= 15 is 0 Å². The van der Waals surface area contributed by atoms with Gasteiger partial charge in [0.25, 0.3) is 0 Å². The highest BCUT2D eigenvalue weighted by molar-refractivity contribution is 4.97. The summed E-state index contributed by atoms with van der Waals surface area (Å²) >= 11 is 0. The molecule has 3 nitrogen and oxygen atoms in total. The van der Waals surface area contributed by atoms with Crippen molar-refractivity contribution in [2.24, 2.45) is 5.73 Å². The van der Waals surface area contributed by atoms with Crippen molar-refractivity contribution in [3.63, 3.8) is 0 Å². The highest BCUT2D eigenvalue weighted by atomic mass is 16.5. The molecule has 52 valence electrons. The van der Waals surface area contributed by atoms with Crippen LogP contribution < -0.4 is 5.73 Å². The molecule has 0 spiro atoms. The summed E-state index contributed by atoms with van der Waals surface area (Å²) in [5, 5.41) is 9.16. The SMILES string of the molecule is N[C@H]1C[C@H]2O[C@@H]1C[C@@H]2O. The third-order valence-electron chi connectivity index (χ3n) is 2.23. The smallest absolute Gasteiger partial charge is 0.0855 e. The number of rotatable bonds is 0. The van der Waals surface area contributed by atoms with E-state index in [9.17, 15) is 0 Å². The van der Waals surface area contributed by atoms with Gasteiger partial charge in [0.2, 0.25) is 0 Å². The highest BCUT2D eigenvalue weighted by Crippen LogP contribution is 2.33. The number of aliphatic hydroxyl groups is 1. The van der Waals surface area contributed by atoms with Crippen molar-refractivity contribution < 1.29 is 9.84 Å². The van der Waals surface area contributed by atoms with Crippen molar-refractivity contribution >= 4 is 0 Å². The van der Waals surface area contributed by atoms with Crippen molar-refractivity contribution in [3.05, 3.63) is 0 Å². The first kappa shape index (κ1) is 5.65. The van der Waals surface area contributed by atoms with Crippen LogP contribution in [0, 0.1) is 0 Å². The zero-order chi connectivity index (χ0) is 6.43. The van der Waals surface area contributed by atoms with Crippen LogP contribution in [0.2, 0.25) is 0 Å². The van der Waals surface area contributed by atoms with Gasteiger partial charge in [-0.05, 0) is 6.42 Å². The lowest BCUT2D eigenvalue weighted by atomic mass is 9.94. The zero-order valence-corrected chi connectivity index (χ0v) is 5.16. The first-order valence-electron chi connectivity index (χ1n) is 3.36. The van der Waals surface area contributed by atoms with E-state index in [1.165, 1.54) is 0 Å². The molecule has 0 aliphatic carbocycles. The molecule has 0 aromatic heterocycles. The van der Waals surface area contributed by atoms with E-state index in [4.69, 9.17) is 15.6 Å². The standard InChI is InChI=1S/C6H11NO2/c7-3-1-6-4(8)2-5(3)9-6/h3-6,8H,1-2,7H2/t3-,4-,5+,6+/m0/s1. The van der Waals surface area contributed by atoms with Crippen LogP contribution in [-0.4, -0.2) is 29.5 Å². The lowest BCUT2D eigenvalue weighted by Gasteiger charge is -2.16. The molecular weight excluding hydrogens is 118 g/mol. The topological polar surface area (TPSA) is 55.5 Å². The second-order valence-electron chi connectivity index (χ2n) is 2.92. The summed E-state index contributed by atoms with van der Waals surface area (Å²) in [6.07, 6.45) is 1.53. The van der Waals surface area contributed by atoms with E-state index in [0.717, 1.165) is 12.8 Å². The van der Waals surface area contributed by atoms with E-state index in [1.807, 2.05) is 0 Å². The van der Waals surface area contributed by atoms with Gasteiger partial charge in [0.05, 0.1) is 18.3 Å². The lowest BCUT2D eigenvalue weighted by molar-refractivity contribution is 0.0534. The minimum absolute atomic E-state index is 0.0463. The second kappa shape index (κ2) is 1.68. The van der Waals surface area contributed by atoms with Gasteiger partial charge in [-0.2, -0.15) is 0 Å². The normalized spacial score (nSPS) is 56.7. The summed E-state index contributed by atoms with van der Waals surface area (Å²) in [4.78, 5) is 0. The summed E-state index contributed by atoms with van der Waals surface area (Å²) < 4.78 is 5.32. The molecule has 2 bridgehead atoms. The van der Waals surface area contributed by atoms with Crippen molar-refractivity contribution in [2.75, 3.05) is 0 Å².